The largest absolute Gasteiger partial charge is 0.491 e. The molecule has 0 amide bonds. The molecule has 3 nitrogen and oxygen atoms in total. The molecule has 0 aliphatic carbocycles. The Morgan fingerprint density at radius 3 is 2.33 bits per heavy atom. The van der Waals surface area contributed by atoms with Crippen molar-refractivity contribution < 1.29 is 36.2 Å². The molecule has 0 radical (unpaired) electrons. The second kappa shape index (κ2) is 12.1. The van der Waals surface area contributed by atoms with E-state index < -0.39 is 41.4 Å². The van der Waals surface area contributed by atoms with Crippen LogP contribution in [0.25, 0.3) is 20.5 Å². The molecule has 4 aromatic rings. The summed E-state index contributed by atoms with van der Waals surface area (Å²) in [7, 11) is 0. The third-order valence-electron chi connectivity index (χ3n) is 7.20. The van der Waals surface area contributed by atoms with Gasteiger partial charge in [0.05, 0.1) is 24.0 Å². The van der Waals surface area contributed by atoms with Crippen molar-refractivity contribution in [2.45, 2.75) is 58.2 Å². The smallest absolute Gasteiger partial charge is 0.200 e. The highest BCUT2D eigenvalue weighted by atomic mass is 32.1. The fourth-order valence-corrected chi connectivity index (χ4v) is 6.18. The third-order valence-corrected chi connectivity index (χ3v) is 8.38. The Morgan fingerprint density at radius 1 is 0.825 bits per heavy atom. The predicted molar refractivity (Wildman–Crippen MR) is 146 cm³/mol. The van der Waals surface area contributed by atoms with Gasteiger partial charge in [-0.3, -0.25) is 0 Å². The number of benzene rings is 3. The van der Waals surface area contributed by atoms with Crippen LogP contribution in [0.4, 0.5) is 22.0 Å². The molecule has 3 aromatic carbocycles. The first kappa shape index (κ1) is 28.4. The van der Waals surface area contributed by atoms with Gasteiger partial charge in [0.25, 0.3) is 0 Å². The van der Waals surface area contributed by atoms with Crippen molar-refractivity contribution in [2.75, 3.05) is 13.2 Å². The second-order valence-corrected chi connectivity index (χ2v) is 10.9. The highest BCUT2D eigenvalue weighted by Gasteiger charge is 2.27. The SMILES string of the molecule is CCCC1CCC(c2ccc(OCc3ccc(-c4cc5ccc(OCC)c(F)c5s4)c(F)c3F)c(F)c2F)CO1. The minimum Gasteiger partial charge on any atom is -0.491 e. The molecule has 0 N–H and O–H groups in total. The number of hydrogen-bond acceptors (Lipinski definition) is 4. The van der Waals surface area contributed by atoms with Crippen LogP contribution in [0.15, 0.2) is 42.5 Å². The average molecular weight is 577 g/mol. The van der Waals surface area contributed by atoms with Gasteiger partial charge in [0.2, 0.25) is 5.82 Å². The third kappa shape index (κ3) is 5.54. The molecule has 0 saturated carbocycles. The molecule has 9 heteroatoms. The first-order valence-corrected chi connectivity index (χ1v) is 14.2. The maximum absolute atomic E-state index is 15.1. The number of thiophene rings is 1. The summed E-state index contributed by atoms with van der Waals surface area (Å²) >= 11 is 0.982. The van der Waals surface area contributed by atoms with Crippen LogP contribution in [-0.4, -0.2) is 19.3 Å². The number of fused-ring (bicyclic) bond motifs is 1. The second-order valence-electron chi connectivity index (χ2n) is 9.83. The molecule has 0 spiro atoms. The molecule has 212 valence electrons. The summed E-state index contributed by atoms with van der Waals surface area (Å²) in [4.78, 5) is 0.336. The number of rotatable bonds is 9. The van der Waals surface area contributed by atoms with Gasteiger partial charge in [0.15, 0.2) is 34.8 Å². The number of ether oxygens (including phenoxy) is 3. The summed E-state index contributed by atoms with van der Waals surface area (Å²) in [5.41, 5.74) is 0.00509. The van der Waals surface area contributed by atoms with Gasteiger partial charge in [-0.25, -0.2) is 17.6 Å². The zero-order chi connectivity index (χ0) is 28.4. The van der Waals surface area contributed by atoms with E-state index in [1.807, 2.05) is 0 Å². The maximum atomic E-state index is 15.1. The summed E-state index contributed by atoms with van der Waals surface area (Å²) < 4.78 is 91.3. The molecular formula is C31H29F5O3S. The molecule has 1 fully saturated rings. The predicted octanol–water partition coefficient (Wildman–Crippen LogP) is 9.30. The van der Waals surface area contributed by atoms with Crippen molar-refractivity contribution in [1.82, 2.24) is 0 Å². The molecule has 1 aliphatic rings. The number of hydrogen-bond donors (Lipinski definition) is 0. The van der Waals surface area contributed by atoms with E-state index in [0.717, 1.165) is 30.6 Å². The van der Waals surface area contributed by atoms with Gasteiger partial charge in [-0.2, -0.15) is 4.39 Å². The standard InChI is InChI=1S/C31H29F5O3S/c1-3-5-20-9-6-18(15-38-20)21-11-13-23(29(35)27(21)33)39-16-19-7-10-22(28(34)26(19)32)25-14-17-8-12-24(37-4-2)30(36)31(17)40-25/h7-8,10-14,18,20H,3-6,9,15-16H2,1-2H3. The van der Waals surface area contributed by atoms with Crippen LogP contribution in [0.5, 0.6) is 11.5 Å². The van der Waals surface area contributed by atoms with Gasteiger partial charge < -0.3 is 14.2 Å². The lowest BCUT2D eigenvalue weighted by atomic mass is 9.90. The van der Waals surface area contributed by atoms with Crippen molar-refractivity contribution in [1.29, 1.82) is 0 Å². The Hall–Kier alpha value is -3.17. The van der Waals surface area contributed by atoms with Crippen molar-refractivity contribution in [3.63, 3.8) is 0 Å². The lowest BCUT2D eigenvalue weighted by Gasteiger charge is -2.29. The van der Waals surface area contributed by atoms with E-state index in [4.69, 9.17) is 14.2 Å². The lowest BCUT2D eigenvalue weighted by Crippen LogP contribution is -2.25. The molecule has 1 aromatic heterocycles. The fourth-order valence-electron chi connectivity index (χ4n) is 5.07. The zero-order valence-corrected chi connectivity index (χ0v) is 23.0. The summed E-state index contributed by atoms with van der Waals surface area (Å²) in [6.45, 7) is 3.91. The van der Waals surface area contributed by atoms with Crippen LogP contribution in [0.3, 0.4) is 0 Å². The Morgan fingerprint density at radius 2 is 1.60 bits per heavy atom. The van der Waals surface area contributed by atoms with Crippen LogP contribution in [0.2, 0.25) is 0 Å². The highest BCUT2D eigenvalue weighted by Crippen LogP contribution is 2.40. The fraction of sp³-hybridized carbons (Fsp3) is 0.355. The topological polar surface area (TPSA) is 27.7 Å². The molecular weight excluding hydrogens is 547 g/mol. The molecule has 0 bridgehead atoms. The molecule has 2 unspecified atom stereocenters. The summed E-state index contributed by atoms with van der Waals surface area (Å²) in [6.07, 6.45) is 3.55. The maximum Gasteiger partial charge on any atom is 0.200 e. The first-order valence-electron chi connectivity index (χ1n) is 13.4. The van der Waals surface area contributed by atoms with E-state index in [2.05, 4.69) is 6.92 Å². The van der Waals surface area contributed by atoms with Crippen LogP contribution in [0.1, 0.15) is 56.6 Å². The van der Waals surface area contributed by atoms with E-state index in [1.54, 1.807) is 19.1 Å². The Labute approximate surface area is 233 Å². The van der Waals surface area contributed by atoms with Crippen LogP contribution >= 0.6 is 11.3 Å². The van der Waals surface area contributed by atoms with Crippen LogP contribution in [-0.2, 0) is 11.3 Å². The van der Waals surface area contributed by atoms with Gasteiger partial charge in [0.1, 0.15) is 6.61 Å². The van der Waals surface area contributed by atoms with Crippen molar-refractivity contribution in [3.05, 3.63) is 82.7 Å². The van der Waals surface area contributed by atoms with E-state index in [9.17, 15) is 17.6 Å². The Kier molecular flexibility index (Phi) is 8.61. The molecule has 2 heterocycles. The average Bonchev–Trinajstić information content (AvgIpc) is 3.39. The van der Waals surface area contributed by atoms with Gasteiger partial charge >= 0.3 is 0 Å². The first-order chi connectivity index (χ1) is 19.3. The summed E-state index contributed by atoms with van der Waals surface area (Å²) in [6, 6.07) is 10.2. The summed E-state index contributed by atoms with van der Waals surface area (Å²) in [5.74, 6) is -5.64. The van der Waals surface area contributed by atoms with Crippen LogP contribution in [0, 0.1) is 29.1 Å². The van der Waals surface area contributed by atoms with E-state index >= 15 is 4.39 Å². The van der Waals surface area contributed by atoms with Crippen molar-refractivity contribution >= 4 is 21.4 Å². The minimum absolute atomic E-state index is 0.0442. The van der Waals surface area contributed by atoms with E-state index in [-0.39, 0.29) is 39.2 Å². The minimum atomic E-state index is -1.18. The normalized spacial score (nSPS) is 17.4. The van der Waals surface area contributed by atoms with E-state index in [0.29, 0.717) is 29.9 Å². The van der Waals surface area contributed by atoms with Gasteiger partial charge in [-0.05, 0) is 67.5 Å². The Bertz CT molecular complexity index is 1510. The molecule has 1 aliphatic heterocycles. The molecule has 40 heavy (non-hydrogen) atoms. The lowest BCUT2D eigenvalue weighted by molar-refractivity contribution is -0.00185. The summed E-state index contributed by atoms with van der Waals surface area (Å²) in [5, 5.41) is 0.537. The van der Waals surface area contributed by atoms with E-state index in [1.165, 1.54) is 30.3 Å². The van der Waals surface area contributed by atoms with Gasteiger partial charge in [-0.1, -0.05) is 25.5 Å². The Balaban J connectivity index is 1.31. The number of halogens is 5. The van der Waals surface area contributed by atoms with Gasteiger partial charge in [0, 0.05) is 21.9 Å². The quantitative estimate of drug-likeness (QED) is 0.186. The van der Waals surface area contributed by atoms with Crippen LogP contribution < -0.4 is 9.47 Å². The molecule has 2 atom stereocenters. The monoisotopic (exact) mass is 576 g/mol. The molecule has 5 rings (SSSR count). The van der Waals surface area contributed by atoms with Crippen molar-refractivity contribution in [3.8, 4) is 21.9 Å². The van der Waals surface area contributed by atoms with Crippen molar-refractivity contribution in [2.24, 2.45) is 0 Å². The zero-order valence-electron chi connectivity index (χ0n) is 22.2. The molecule has 1 saturated heterocycles. The highest BCUT2D eigenvalue weighted by molar-refractivity contribution is 7.22. The van der Waals surface area contributed by atoms with Gasteiger partial charge in [-0.15, -0.1) is 11.3 Å².